The van der Waals surface area contributed by atoms with Gasteiger partial charge in [-0.25, -0.2) is 4.98 Å². The summed E-state index contributed by atoms with van der Waals surface area (Å²) < 4.78 is 0. The van der Waals surface area contributed by atoms with E-state index in [4.69, 9.17) is 0 Å². The summed E-state index contributed by atoms with van der Waals surface area (Å²) in [5.41, 5.74) is 2.51. The second kappa shape index (κ2) is 10.0. The molecule has 0 saturated carbocycles. The Morgan fingerprint density at radius 1 is 1.07 bits per heavy atom. The van der Waals surface area contributed by atoms with Gasteiger partial charge < -0.3 is 10.2 Å². The molecular formula is C24H33N5O. The number of nitrogens with zero attached hydrogens (tertiary/aromatic N) is 4. The first kappa shape index (κ1) is 20.8. The second-order valence-electron chi connectivity index (χ2n) is 8.84. The number of hydrogen-bond donors (Lipinski definition) is 1. The summed E-state index contributed by atoms with van der Waals surface area (Å²) in [5.74, 6) is 1.86. The minimum Gasteiger partial charge on any atom is -0.355 e. The zero-order chi connectivity index (χ0) is 20.8. The normalized spacial score (nSPS) is 20.8. The number of amides is 1. The van der Waals surface area contributed by atoms with Crippen molar-refractivity contribution in [1.82, 2.24) is 20.2 Å². The molecule has 2 saturated heterocycles. The molecule has 2 aliphatic heterocycles. The number of carbonyl (C=O) groups is 1. The summed E-state index contributed by atoms with van der Waals surface area (Å²) in [6, 6.07) is 8.70. The van der Waals surface area contributed by atoms with Crippen LogP contribution in [0.15, 0.2) is 42.9 Å². The first-order valence-corrected chi connectivity index (χ1v) is 11.3. The molecule has 1 amide bonds. The fourth-order valence-electron chi connectivity index (χ4n) is 4.43. The number of nitrogens with one attached hydrogen (secondary N) is 1. The number of likely N-dealkylation sites (tertiary alicyclic amines) is 1. The van der Waals surface area contributed by atoms with Crippen LogP contribution in [0.25, 0.3) is 0 Å². The maximum atomic E-state index is 12.7. The average Bonchev–Trinajstić information content (AvgIpc) is 2.80. The van der Waals surface area contributed by atoms with Crippen molar-refractivity contribution < 1.29 is 4.79 Å². The third-order valence-electron chi connectivity index (χ3n) is 6.44. The molecule has 1 aromatic carbocycles. The van der Waals surface area contributed by atoms with E-state index in [1.54, 1.807) is 18.6 Å². The molecule has 1 N–H and O–H groups in total. The van der Waals surface area contributed by atoms with Crippen LogP contribution in [0.2, 0.25) is 0 Å². The molecule has 0 bridgehead atoms. The lowest BCUT2D eigenvalue weighted by molar-refractivity contribution is -0.125. The predicted molar refractivity (Wildman–Crippen MR) is 119 cm³/mol. The van der Waals surface area contributed by atoms with Crippen LogP contribution in [0, 0.1) is 11.8 Å². The van der Waals surface area contributed by atoms with Gasteiger partial charge in [0.2, 0.25) is 5.91 Å². The van der Waals surface area contributed by atoms with Gasteiger partial charge in [-0.15, -0.1) is 0 Å². The highest BCUT2D eigenvalue weighted by Crippen LogP contribution is 2.21. The lowest BCUT2D eigenvalue weighted by atomic mass is 9.97. The molecule has 2 aromatic rings. The molecular weight excluding hydrogens is 374 g/mol. The number of anilines is 1. The summed E-state index contributed by atoms with van der Waals surface area (Å²) in [4.78, 5) is 25.9. The molecule has 2 aliphatic rings. The van der Waals surface area contributed by atoms with E-state index in [1.807, 2.05) is 0 Å². The maximum Gasteiger partial charge on any atom is 0.225 e. The highest BCUT2D eigenvalue weighted by Gasteiger charge is 2.26. The number of hydrogen-bond acceptors (Lipinski definition) is 5. The number of benzene rings is 1. The van der Waals surface area contributed by atoms with Crippen LogP contribution in [-0.4, -0.2) is 47.0 Å². The summed E-state index contributed by atoms with van der Waals surface area (Å²) in [6.07, 6.45) is 9.68. The summed E-state index contributed by atoms with van der Waals surface area (Å²) in [7, 11) is 0. The topological polar surface area (TPSA) is 61.4 Å². The number of piperidine rings is 2. The van der Waals surface area contributed by atoms with E-state index in [0.29, 0.717) is 13.1 Å². The highest BCUT2D eigenvalue weighted by molar-refractivity contribution is 5.79. The van der Waals surface area contributed by atoms with Crippen LogP contribution in [0.1, 0.15) is 43.7 Å². The zero-order valence-corrected chi connectivity index (χ0v) is 18.0. The molecule has 160 valence electrons. The molecule has 3 heterocycles. The van der Waals surface area contributed by atoms with Gasteiger partial charge in [0, 0.05) is 38.6 Å². The van der Waals surface area contributed by atoms with Crippen LogP contribution >= 0.6 is 0 Å². The number of rotatable bonds is 6. The van der Waals surface area contributed by atoms with Crippen molar-refractivity contribution in [2.45, 2.75) is 45.7 Å². The Balaban J connectivity index is 1.24. The van der Waals surface area contributed by atoms with E-state index in [0.717, 1.165) is 43.2 Å². The van der Waals surface area contributed by atoms with Gasteiger partial charge in [0.1, 0.15) is 5.82 Å². The van der Waals surface area contributed by atoms with E-state index >= 15 is 0 Å². The van der Waals surface area contributed by atoms with E-state index in [-0.39, 0.29) is 11.8 Å². The van der Waals surface area contributed by atoms with Gasteiger partial charge >= 0.3 is 0 Å². The number of carbonyl (C=O) groups excluding carboxylic acids is 1. The molecule has 1 atom stereocenters. The van der Waals surface area contributed by atoms with Gasteiger partial charge in [-0.3, -0.25) is 14.7 Å². The third kappa shape index (κ3) is 5.57. The van der Waals surface area contributed by atoms with Crippen molar-refractivity contribution in [3.8, 4) is 0 Å². The molecule has 30 heavy (non-hydrogen) atoms. The summed E-state index contributed by atoms with van der Waals surface area (Å²) in [6.45, 7) is 8.00. The van der Waals surface area contributed by atoms with Crippen molar-refractivity contribution in [3.63, 3.8) is 0 Å². The molecule has 1 unspecified atom stereocenters. The molecule has 6 nitrogen and oxygen atoms in total. The van der Waals surface area contributed by atoms with E-state index in [9.17, 15) is 4.79 Å². The Bertz CT molecular complexity index is 802. The predicted octanol–water partition coefficient (Wildman–Crippen LogP) is 3.24. The molecule has 0 radical (unpaired) electrons. The monoisotopic (exact) mass is 407 g/mol. The largest absolute Gasteiger partial charge is 0.355 e. The van der Waals surface area contributed by atoms with Crippen molar-refractivity contribution in [2.75, 3.05) is 31.1 Å². The first-order chi connectivity index (χ1) is 14.7. The molecule has 0 spiro atoms. The van der Waals surface area contributed by atoms with Crippen LogP contribution in [0.5, 0.6) is 0 Å². The quantitative estimate of drug-likeness (QED) is 0.797. The van der Waals surface area contributed by atoms with Crippen LogP contribution in [-0.2, 0) is 17.9 Å². The Hall–Kier alpha value is -2.47. The van der Waals surface area contributed by atoms with Gasteiger partial charge in [0.05, 0.1) is 12.1 Å². The fourth-order valence-corrected chi connectivity index (χ4v) is 4.43. The molecule has 6 heteroatoms. The van der Waals surface area contributed by atoms with Crippen LogP contribution in [0.4, 0.5) is 5.82 Å². The standard InChI is InChI=1S/C24H33N5O/c1-19-8-13-28(14-9-19)17-21-6-4-20(5-7-21)15-27-24(30)22-3-2-12-29(18-22)23-16-25-10-11-26-23/h4-7,10-11,16,19,22H,2-3,8-9,12-15,17-18H2,1H3,(H,27,30). The van der Waals surface area contributed by atoms with Crippen LogP contribution < -0.4 is 10.2 Å². The summed E-state index contributed by atoms with van der Waals surface area (Å²) in [5, 5.41) is 3.13. The highest BCUT2D eigenvalue weighted by atomic mass is 16.1. The Morgan fingerprint density at radius 2 is 1.83 bits per heavy atom. The molecule has 4 rings (SSSR count). The SMILES string of the molecule is CC1CCN(Cc2ccc(CNC(=O)C3CCCN(c4cnccn4)C3)cc2)CC1. The Labute approximate surface area is 179 Å². The lowest BCUT2D eigenvalue weighted by Crippen LogP contribution is -2.43. The average molecular weight is 408 g/mol. The van der Waals surface area contributed by atoms with Crippen molar-refractivity contribution in [3.05, 3.63) is 54.0 Å². The maximum absolute atomic E-state index is 12.7. The van der Waals surface area contributed by atoms with Gasteiger partial charge in [-0.2, -0.15) is 0 Å². The van der Waals surface area contributed by atoms with Gasteiger partial charge in [0.15, 0.2) is 0 Å². The minimum atomic E-state index is 0.00141. The minimum absolute atomic E-state index is 0.00141. The molecule has 0 aliphatic carbocycles. The Kier molecular flexibility index (Phi) is 6.95. The van der Waals surface area contributed by atoms with Gasteiger partial charge in [0.25, 0.3) is 0 Å². The van der Waals surface area contributed by atoms with Crippen LogP contribution in [0.3, 0.4) is 0 Å². The lowest BCUT2D eigenvalue weighted by Gasteiger charge is -2.32. The fraction of sp³-hybridized carbons (Fsp3) is 0.542. The third-order valence-corrected chi connectivity index (χ3v) is 6.44. The Morgan fingerprint density at radius 3 is 2.57 bits per heavy atom. The molecule has 1 aromatic heterocycles. The van der Waals surface area contributed by atoms with E-state index in [2.05, 4.69) is 56.3 Å². The summed E-state index contributed by atoms with van der Waals surface area (Å²) >= 11 is 0. The van der Waals surface area contributed by atoms with E-state index in [1.165, 1.54) is 31.5 Å². The second-order valence-corrected chi connectivity index (χ2v) is 8.84. The van der Waals surface area contributed by atoms with Gasteiger partial charge in [-0.1, -0.05) is 31.2 Å². The van der Waals surface area contributed by atoms with E-state index < -0.39 is 0 Å². The first-order valence-electron chi connectivity index (χ1n) is 11.3. The molecule has 2 fully saturated rings. The number of aromatic nitrogens is 2. The van der Waals surface area contributed by atoms with Crippen molar-refractivity contribution in [1.29, 1.82) is 0 Å². The smallest absolute Gasteiger partial charge is 0.225 e. The zero-order valence-electron chi connectivity index (χ0n) is 18.0. The van der Waals surface area contributed by atoms with Crippen molar-refractivity contribution in [2.24, 2.45) is 11.8 Å². The van der Waals surface area contributed by atoms with Crippen molar-refractivity contribution >= 4 is 11.7 Å². The van der Waals surface area contributed by atoms with Gasteiger partial charge in [-0.05, 0) is 55.8 Å².